The van der Waals surface area contributed by atoms with Crippen molar-refractivity contribution in [3.63, 3.8) is 0 Å². The van der Waals surface area contributed by atoms with E-state index in [9.17, 15) is 4.79 Å². The Balaban J connectivity index is 2.48. The van der Waals surface area contributed by atoms with Crippen LogP contribution in [0.1, 0.15) is 19.3 Å². The lowest BCUT2D eigenvalue weighted by atomic mass is 9.75. The van der Waals surface area contributed by atoms with Crippen LogP contribution in [0.5, 0.6) is 0 Å². The zero-order chi connectivity index (χ0) is 13.1. The Morgan fingerprint density at radius 3 is 2.29 bits per heavy atom. The topological polar surface area (TPSA) is 55.8 Å². The molecule has 5 heteroatoms. The number of carboxylic acid groups (broad SMARTS) is 1. The highest BCUT2D eigenvalue weighted by atomic mass is 16.4. The molecule has 0 heterocycles. The predicted octanol–water partition coefficient (Wildman–Crippen LogP) is 0.0751. The summed E-state index contributed by atoms with van der Waals surface area (Å²) < 4.78 is 0. The second-order valence-corrected chi connectivity index (χ2v) is 5.35. The predicted molar refractivity (Wildman–Crippen MR) is 68.2 cm³/mol. The summed E-state index contributed by atoms with van der Waals surface area (Å²) in [5.74, 6) is -0.785. The van der Waals surface area contributed by atoms with Gasteiger partial charge in [-0.25, -0.2) is 0 Å². The summed E-state index contributed by atoms with van der Waals surface area (Å²) in [5, 5.41) is 11.8. The molecule has 1 rings (SSSR count). The van der Waals surface area contributed by atoms with Gasteiger partial charge in [-0.1, -0.05) is 0 Å². The van der Waals surface area contributed by atoms with Crippen LogP contribution >= 0.6 is 0 Å². The van der Waals surface area contributed by atoms with Crippen LogP contribution in [0.15, 0.2) is 0 Å². The Bertz CT molecular complexity index is 264. The number of hydrogen-bond acceptors (Lipinski definition) is 4. The van der Waals surface area contributed by atoms with Gasteiger partial charge in [0.2, 0.25) is 0 Å². The summed E-state index contributed by atoms with van der Waals surface area (Å²) in [6, 6.07) is -0.487. The third-order valence-corrected chi connectivity index (χ3v) is 3.94. The van der Waals surface area contributed by atoms with Crippen molar-refractivity contribution in [1.82, 2.24) is 15.1 Å². The molecule has 1 aliphatic carbocycles. The van der Waals surface area contributed by atoms with Crippen LogP contribution in [0.4, 0.5) is 0 Å². The lowest BCUT2D eigenvalue weighted by Crippen LogP contribution is -2.58. The molecule has 5 nitrogen and oxygen atoms in total. The minimum Gasteiger partial charge on any atom is -0.480 e. The lowest BCUT2D eigenvalue weighted by Gasteiger charge is -2.49. The first-order valence-corrected chi connectivity index (χ1v) is 6.17. The van der Waals surface area contributed by atoms with Gasteiger partial charge in [0.1, 0.15) is 6.04 Å². The fourth-order valence-corrected chi connectivity index (χ4v) is 2.50. The standard InChI is InChI=1S/C12H25N3O2/c1-13-10(11(16)17)8-15(4)9-12(14(2)3)6-5-7-12/h10,13H,5-9H2,1-4H3,(H,16,17). The van der Waals surface area contributed by atoms with Crippen molar-refractivity contribution in [3.8, 4) is 0 Å². The van der Waals surface area contributed by atoms with Crippen molar-refractivity contribution >= 4 is 5.97 Å². The monoisotopic (exact) mass is 243 g/mol. The number of carboxylic acids is 1. The molecular weight excluding hydrogens is 218 g/mol. The van der Waals surface area contributed by atoms with Crippen LogP contribution < -0.4 is 5.32 Å². The van der Waals surface area contributed by atoms with E-state index in [0.717, 1.165) is 6.54 Å². The molecule has 0 aromatic carbocycles. The van der Waals surface area contributed by atoms with E-state index in [2.05, 4.69) is 29.2 Å². The van der Waals surface area contributed by atoms with Crippen molar-refractivity contribution in [2.24, 2.45) is 0 Å². The maximum atomic E-state index is 10.9. The largest absolute Gasteiger partial charge is 0.480 e. The SMILES string of the molecule is CNC(CN(C)CC1(N(C)C)CCC1)C(=O)O. The molecule has 0 bridgehead atoms. The quantitative estimate of drug-likeness (QED) is 0.663. The molecule has 100 valence electrons. The van der Waals surface area contributed by atoms with Gasteiger partial charge in [-0.15, -0.1) is 0 Å². The average molecular weight is 243 g/mol. The van der Waals surface area contributed by atoms with Gasteiger partial charge in [-0.2, -0.15) is 0 Å². The van der Waals surface area contributed by atoms with Crippen LogP contribution in [0, 0.1) is 0 Å². The van der Waals surface area contributed by atoms with E-state index in [1.807, 2.05) is 7.05 Å². The van der Waals surface area contributed by atoms with E-state index in [0.29, 0.717) is 6.54 Å². The summed E-state index contributed by atoms with van der Waals surface area (Å²) in [6.07, 6.45) is 3.70. The summed E-state index contributed by atoms with van der Waals surface area (Å²) >= 11 is 0. The number of rotatable bonds is 7. The van der Waals surface area contributed by atoms with Crippen LogP contribution in [-0.2, 0) is 4.79 Å². The molecule has 1 fully saturated rings. The molecule has 0 aromatic rings. The molecule has 2 N–H and O–H groups in total. The van der Waals surface area contributed by atoms with E-state index in [-0.39, 0.29) is 5.54 Å². The number of likely N-dealkylation sites (N-methyl/N-ethyl adjacent to an activating group) is 3. The van der Waals surface area contributed by atoms with E-state index in [1.54, 1.807) is 7.05 Å². The van der Waals surface area contributed by atoms with E-state index >= 15 is 0 Å². The molecule has 1 unspecified atom stereocenters. The second-order valence-electron chi connectivity index (χ2n) is 5.35. The fraction of sp³-hybridized carbons (Fsp3) is 0.917. The van der Waals surface area contributed by atoms with Crippen LogP contribution in [-0.4, -0.2) is 73.7 Å². The molecule has 0 saturated heterocycles. The Kier molecular flexibility index (Phi) is 4.91. The third kappa shape index (κ3) is 3.40. The third-order valence-electron chi connectivity index (χ3n) is 3.94. The minimum atomic E-state index is -0.785. The van der Waals surface area contributed by atoms with E-state index in [1.165, 1.54) is 19.3 Å². The van der Waals surface area contributed by atoms with Crippen molar-refractivity contribution in [2.45, 2.75) is 30.8 Å². The number of nitrogens with zero attached hydrogens (tertiary/aromatic N) is 2. The van der Waals surface area contributed by atoms with E-state index < -0.39 is 12.0 Å². The Morgan fingerprint density at radius 1 is 1.41 bits per heavy atom. The van der Waals surface area contributed by atoms with Crippen molar-refractivity contribution < 1.29 is 9.90 Å². The van der Waals surface area contributed by atoms with Gasteiger partial charge in [0.05, 0.1) is 0 Å². The molecule has 0 aliphatic heterocycles. The van der Waals surface area contributed by atoms with Crippen molar-refractivity contribution in [2.75, 3.05) is 41.3 Å². The molecule has 1 saturated carbocycles. The molecule has 0 spiro atoms. The van der Waals surface area contributed by atoms with Crippen LogP contribution in [0.3, 0.4) is 0 Å². The van der Waals surface area contributed by atoms with Gasteiger partial charge in [-0.3, -0.25) is 4.79 Å². The highest BCUT2D eigenvalue weighted by Gasteiger charge is 2.40. The summed E-state index contributed by atoms with van der Waals surface area (Å²) in [7, 11) is 7.91. The summed E-state index contributed by atoms with van der Waals surface area (Å²) in [4.78, 5) is 15.3. The second kappa shape index (κ2) is 5.80. The minimum absolute atomic E-state index is 0.256. The maximum absolute atomic E-state index is 10.9. The van der Waals surface area contributed by atoms with Gasteiger partial charge in [0.25, 0.3) is 0 Å². The highest BCUT2D eigenvalue weighted by Crippen LogP contribution is 2.36. The Hall–Kier alpha value is -0.650. The average Bonchev–Trinajstić information content (AvgIpc) is 2.18. The summed E-state index contributed by atoms with van der Waals surface area (Å²) in [6.45, 7) is 1.48. The van der Waals surface area contributed by atoms with Gasteiger partial charge in [-0.05, 0) is 47.5 Å². The van der Waals surface area contributed by atoms with E-state index in [4.69, 9.17) is 5.11 Å². The zero-order valence-corrected chi connectivity index (χ0v) is 11.4. The number of carbonyl (C=O) groups is 1. The van der Waals surface area contributed by atoms with Crippen LogP contribution in [0.2, 0.25) is 0 Å². The number of nitrogens with one attached hydrogen (secondary N) is 1. The van der Waals surface area contributed by atoms with Crippen molar-refractivity contribution in [3.05, 3.63) is 0 Å². The van der Waals surface area contributed by atoms with Gasteiger partial charge >= 0.3 is 5.97 Å². The van der Waals surface area contributed by atoms with Crippen molar-refractivity contribution in [1.29, 1.82) is 0 Å². The fourth-order valence-electron chi connectivity index (χ4n) is 2.50. The first-order chi connectivity index (χ1) is 7.91. The number of aliphatic carboxylic acids is 1. The normalized spacial score (nSPS) is 20.4. The molecule has 0 aromatic heterocycles. The van der Waals surface area contributed by atoms with Gasteiger partial charge in [0.15, 0.2) is 0 Å². The first-order valence-electron chi connectivity index (χ1n) is 6.17. The Morgan fingerprint density at radius 2 is 2.00 bits per heavy atom. The number of hydrogen-bond donors (Lipinski definition) is 2. The Labute approximate surface area is 104 Å². The molecule has 0 radical (unpaired) electrons. The molecular formula is C12H25N3O2. The highest BCUT2D eigenvalue weighted by molar-refractivity contribution is 5.73. The van der Waals surface area contributed by atoms with Crippen LogP contribution in [0.25, 0.3) is 0 Å². The molecule has 1 aliphatic rings. The zero-order valence-electron chi connectivity index (χ0n) is 11.4. The van der Waals surface area contributed by atoms with Gasteiger partial charge < -0.3 is 20.2 Å². The summed E-state index contributed by atoms with van der Waals surface area (Å²) in [5.41, 5.74) is 0.256. The molecule has 1 atom stereocenters. The maximum Gasteiger partial charge on any atom is 0.322 e. The smallest absolute Gasteiger partial charge is 0.322 e. The first kappa shape index (κ1) is 14.4. The molecule has 0 amide bonds. The molecule has 17 heavy (non-hydrogen) atoms. The lowest BCUT2D eigenvalue weighted by molar-refractivity contribution is -0.140. The van der Waals surface area contributed by atoms with Gasteiger partial charge in [0, 0.05) is 18.6 Å².